The number of rotatable bonds is 10. The van der Waals surface area contributed by atoms with Gasteiger partial charge in [-0.05, 0) is 49.2 Å². The molecule has 4 rings (SSSR count). The Balaban J connectivity index is 1.40. The molecule has 1 amide bonds. The summed E-state index contributed by atoms with van der Waals surface area (Å²) in [6.07, 6.45) is 3.02. The molecule has 1 N–H and O–H groups in total. The van der Waals surface area contributed by atoms with Crippen LogP contribution < -0.4 is 10.2 Å². The van der Waals surface area contributed by atoms with Crippen LogP contribution >= 0.6 is 11.5 Å². The van der Waals surface area contributed by atoms with E-state index in [1.165, 1.54) is 36.5 Å². The van der Waals surface area contributed by atoms with E-state index in [1.54, 1.807) is 12.1 Å². The van der Waals surface area contributed by atoms with Crippen LogP contribution in [-0.4, -0.2) is 52.9 Å². The van der Waals surface area contributed by atoms with Gasteiger partial charge in [0.05, 0.1) is 6.54 Å². The van der Waals surface area contributed by atoms with Crippen molar-refractivity contribution in [1.29, 1.82) is 0 Å². The van der Waals surface area contributed by atoms with Gasteiger partial charge in [0.1, 0.15) is 11.6 Å². The minimum atomic E-state index is -0.259. The summed E-state index contributed by atoms with van der Waals surface area (Å²) in [5.74, 6) is 0.393. The first-order valence-electron chi connectivity index (χ1n) is 11.0. The average molecular weight is 454 g/mol. The third kappa shape index (κ3) is 6.58. The first kappa shape index (κ1) is 22.4. The fourth-order valence-electron chi connectivity index (χ4n) is 3.81. The first-order valence-corrected chi connectivity index (χ1v) is 11.8. The lowest BCUT2D eigenvalue weighted by atomic mass is 10.1. The van der Waals surface area contributed by atoms with Gasteiger partial charge in [-0.2, -0.15) is 4.37 Å². The van der Waals surface area contributed by atoms with E-state index in [0.717, 1.165) is 30.8 Å². The zero-order valence-electron chi connectivity index (χ0n) is 18.0. The highest BCUT2D eigenvalue weighted by molar-refractivity contribution is 7.09. The molecule has 2 aromatic carbocycles. The summed E-state index contributed by atoms with van der Waals surface area (Å²) in [4.78, 5) is 21.7. The van der Waals surface area contributed by atoms with Gasteiger partial charge in [-0.25, -0.2) is 9.37 Å². The topological polar surface area (TPSA) is 61.4 Å². The van der Waals surface area contributed by atoms with Crippen LogP contribution in [0.1, 0.15) is 29.8 Å². The second-order valence-electron chi connectivity index (χ2n) is 8.04. The Morgan fingerprint density at radius 2 is 1.81 bits per heavy atom. The van der Waals surface area contributed by atoms with Gasteiger partial charge >= 0.3 is 0 Å². The second kappa shape index (κ2) is 11.2. The minimum absolute atomic E-state index is 0.0181. The van der Waals surface area contributed by atoms with Gasteiger partial charge in [0.2, 0.25) is 11.0 Å². The lowest BCUT2D eigenvalue weighted by Crippen LogP contribution is -2.40. The Labute approximate surface area is 192 Å². The molecule has 0 radical (unpaired) electrons. The fourth-order valence-corrected chi connectivity index (χ4v) is 4.50. The molecule has 1 aliphatic heterocycles. The lowest BCUT2D eigenvalue weighted by molar-refractivity contribution is -0.119. The molecule has 0 unspecified atom stereocenters. The second-order valence-corrected chi connectivity index (χ2v) is 8.77. The Bertz CT molecular complexity index is 989. The van der Waals surface area contributed by atoms with Gasteiger partial charge < -0.3 is 15.1 Å². The number of anilines is 1. The molecular weight excluding hydrogens is 425 g/mol. The Morgan fingerprint density at radius 3 is 2.56 bits per heavy atom. The van der Waals surface area contributed by atoms with Crippen LogP contribution in [0.25, 0.3) is 0 Å². The first-order chi connectivity index (χ1) is 15.7. The molecule has 0 atom stereocenters. The molecular formula is C24H28FN5OS. The summed E-state index contributed by atoms with van der Waals surface area (Å²) in [5, 5.41) is 3.76. The molecule has 0 saturated carbocycles. The summed E-state index contributed by atoms with van der Waals surface area (Å²) in [6.45, 7) is 4.59. The normalized spacial score (nSPS) is 13.9. The number of halogens is 1. The van der Waals surface area contributed by atoms with Crippen molar-refractivity contribution >= 4 is 22.6 Å². The number of likely N-dealkylation sites (tertiary alicyclic amines) is 1. The standard InChI is InChI=1S/C24H28FN5OS/c25-21-10-8-19(9-11-21)16-22-27-24(32-28-22)30(17-20-6-2-1-3-7-20)18-23(31)26-12-15-29-13-4-5-14-29/h1-3,6-11H,4-5,12-18H2,(H,26,31). The van der Waals surface area contributed by atoms with Crippen LogP contribution in [0.3, 0.4) is 0 Å². The Morgan fingerprint density at radius 1 is 1.06 bits per heavy atom. The van der Waals surface area contributed by atoms with Crippen molar-refractivity contribution < 1.29 is 9.18 Å². The van der Waals surface area contributed by atoms with E-state index in [0.29, 0.717) is 30.5 Å². The number of nitrogens with one attached hydrogen (secondary N) is 1. The van der Waals surface area contributed by atoms with Crippen molar-refractivity contribution in [1.82, 2.24) is 19.6 Å². The molecule has 3 aromatic rings. The van der Waals surface area contributed by atoms with Crippen molar-refractivity contribution in [2.75, 3.05) is 37.6 Å². The van der Waals surface area contributed by atoms with Gasteiger partial charge in [0.25, 0.3) is 0 Å². The minimum Gasteiger partial charge on any atom is -0.353 e. The van der Waals surface area contributed by atoms with E-state index in [4.69, 9.17) is 0 Å². The highest BCUT2D eigenvalue weighted by Gasteiger charge is 2.18. The number of carbonyl (C=O) groups is 1. The highest BCUT2D eigenvalue weighted by atomic mass is 32.1. The van der Waals surface area contributed by atoms with Crippen LogP contribution in [0.2, 0.25) is 0 Å². The molecule has 2 heterocycles. The number of carbonyl (C=O) groups excluding carboxylic acids is 1. The highest BCUT2D eigenvalue weighted by Crippen LogP contribution is 2.21. The number of hydrogen-bond donors (Lipinski definition) is 1. The van der Waals surface area contributed by atoms with Crippen LogP contribution in [0.4, 0.5) is 9.52 Å². The molecule has 0 bridgehead atoms. The van der Waals surface area contributed by atoms with Crippen molar-refractivity contribution in [3.8, 4) is 0 Å². The zero-order chi connectivity index (χ0) is 22.2. The number of aromatic nitrogens is 2. The van der Waals surface area contributed by atoms with Crippen LogP contribution in [-0.2, 0) is 17.8 Å². The molecule has 1 fully saturated rings. The third-order valence-corrected chi connectivity index (χ3v) is 6.32. The van der Waals surface area contributed by atoms with Crippen molar-refractivity contribution in [3.05, 3.63) is 77.4 Å². The van der Waals surface area contributed by atoms with E-state index in [2.05, 4.69) is 19.6 Å². The van der Waals surface area contributed by atoms with Crippen LogP contribution in [0.5, 0.6) is 0 Å². The van der Waals surface area contributed by atoms with Gasteiger partial charge in [0, 0.05) is 37.6 Å². The summed E-state index contributed by atoms with van der Waals surface area (Å²) >= 11 is 1.29. The maximum Gasteiger partial charge on any atom is 0.239 e. The summed E-state index contributed by atoms with van der Waals surface area (Å²) < 4.78 is 17.6. The number of hydrogen-bond acceptors (Lipinski definition) is 6. The van der Waals surface area contributed by atoms with Gasteiger partial charge in [0.15, 0.2) is 0 Å². The molecule has 8 heteroatoms. The Hall–Kier alpha value is -2.84. The largest absolute Gasteiger partial charge is 0.353 e. The number of nitrogens with zero attached hydrogens (tertiary/aromatic N) is 4. The lowest BCUT2D eigenvalue weighted by Gasteiger charge is -2.21. The number of benzene rings is 2. The van der Waals surface area contributed by atoms with Crippen LogP contribution in [0, 0.1) is 5.82 Å². The summed E-state index contributed by atoms with van der Waals surface area (Å²) in [6, 6.07) is 16.4. The van der Waals surface area contributed by atoms with Crippen molar-refractivity contribution in [3.63, 3.8) is 0 Å². The predicted octanol–water partition coefficient (Wildman–Crippen LogP) is 3.49. The predicted molar refractivity (Wildman–Crippen MR) is 125 cm³/mol. The molecule has 1 aromatic heterocycles. The van der Waals surface area contributed by atoms with E-state index >= 15 is 0 Å². The number of amides is 1. The van der Waals surface area contributed by atoms with Gasteiger partial charge in [-0.15, -0.1) is 0 Å². The smallest absolute Gasteiger partial charge is 0.239 e. The van der Waals surface area contributed by atoms with E-state index in [9.17, 15) is 9.18 Å². The third-order valence-electron chi connectivity index (χ3n) is 5.50. The molecule has 32 heavy (non-hydrogen) atoms. The molecule has 1 aliphatic rings. The summed E-state index contributed by atoms with van der Waals surface area (Å²) in [5.41, 5.74) is 2.05. The molecule has 6 nitrogen and oxygen atoms in total. The quantitative estimate of drug-likeness (QED) is 0.509. The fraction of sp³-hybridized carbons (Fsp3) is 0.375. The maximum absolute atomic E-state index is 13.2. The average Bonchev–Trinajstić information content (AvgIpc) is 3.48. The van der Waals surface area contributed by atoms with E-state index in [-0.39, 0.29) is 18.3 Å². The zero-order valence-corrected chi connectivity index (χ0v) is 18.9. The summed E-state index contributed by atoms with van der Waals surface area (Å²) in [7, 11) is 0. The SMILES string of the molecule is O=C(CN(Cc1ccccc1)c1nc(Cc2ccc(F)cc2)ns1)NCCN1CCCC1. The molecule has 168 valence electrons. The van der Waals surface area contributed by atoms with Gasteiger partial charge in [-0.3, -0.25) is 4.79 Å². The van der Waals surface area contributed by atoms with Gasteiger partial charge in [-0.1, -0.05) is 42.5 Å². The van der Waals surface area contributed by atoms with Crippen molar-refractivity contribution in [2.45, 2.75) is 25.8 Å². The molecule has 0 spiro atoms. The monoisotopic (exact) mass is 453 g/mol. The van der Waals surface area contributed by atoms with E-state index < -0.39 is 0 Å². The maximum atomic E-state index is 13.2. The van der Waals surface area contributed by atoms with Crippen molar-refractivity contribution in [2.24, 2.45) is 0 Å². The molecule has 0 aliphatic carbocycles. The van der Waals surface area contributed by atoms with Crippen LogP contribution in [0.15, 0.2) is 54.6 Å². The van der Waals surface area contributed by atoms with E-state index in [1.807, 2.05) is 35.2 Å². The molecule has 1 saturated heterocycles. The Kier molecular flexibility index (Phi) is 7.79.